The smallest absolute Gasteiger partial charge is 0.240 e. The molecular formula is C29H41ClN6O3S. The molecular weight excluding hydrogens is 548 g/mol. The Balaban J connectivity index is 0.00000370. The number of hydrogen-bond acceptors (Lipinski definition) is 8. The summed E-state index contributed by atoms with van der Waals surface area (Å²) in [6, 6.07) is 14.3. The van der Waals surface area contributed by atoms with Gasteiger partial charge in [-0.1, -0.05) is 31.2 Å². The molecule has 0 radical (unpaired) electrons. The molecule has 2 aromatic carbocycles. The van der Waals surface area contributed by atoms with E-state index in [1.807, 2.05) is 18.2 Å². The summed E-state index contributed by atoms with van der Waals surface area (Å²) in [6.07, 6.45) is 4.06. The summed E-state index contributed by atoms with van der Waals surface area (Å²) in [6.45, 7) is 6.55. The van der Waals surface area contributed by atoms with Crippen molar-refractivity contribution in [2.75, 3.05) is 63.1 Å². The number of rotatable bonds is 11. The van der Waals surface area contributed by atoms with Crippen LogP contribution in [-0.2, 0) is 14.8 Å². The van der Waals surface area contributed by atoms with Gasteiger partial charge in [0, 0.05) is 49.7 Å². The maximum absolute atomic E-state index is 12.6. The number of fused-ring (bicyclic) bond motifs is 1. The van der Waals surface area contributed by atoms with E-state index >= 15 is 0 Å². The molecule has 0 unspecified atom stereocenters. The summed E-state index contributed by atoms with van der Waals surface area (Å²) < 4.78 is 33.4. The number of halogens is 1. The lowest BCUT2D eigenvalue weighted by Crippen LogP contribution is -2.39. The molecule has 40 heavy (non-hydrogen) atoms. The molecule has 9 nitrogen and oxygen atoms in total. The highest BCUT2D eigenvalue weighted by atomic mass is 35.5. The molecule has 1 aliphatic carbocycles. The quantitative estimate of drug-likeness (QED) is 0.291. The van der Waals surface area contributed by atoms with E-state index in [9.17, 15) is 8.42 Å². The minimum Gasteiger partial charge on any atom is -0.379 e. The van der Waals surface area contributed by atoms with E-state index in [1.54, 1.807) is 12.1 Å². The molecule has 0 atom stereocenters. The van der Waals surface area contributed by atoms with Crippen molar-refractivity contribution in [1.82, 2.24) is 19.6 Å². The largest absolute Gasteiger partial charge is 0.379 e. The Hall–Kier alpha value is -2.50. The predicted molar refractivity (Wildman–Crippen MR) is 163 cm³/mol. The summed E-state index contributed by atoms with van der Waals surface area (Å²) in [5.74, 6) is 2.33. The Morgan fingerprint density at radius 2 is 1.57 bits per heavy atom. The highest BCUT2D eigenvalue weighted by molar-refractivity contribution is 7.89. The summed E-state index contributed by atoms with van der Waals surface area (Å²) >= 11 is 5.88. The molecule has 2 fully saturated rings. The van der Waals surface area contributed by atoms with Crippen LogP contribution < -0.4 is 15.4 Å². The number of morpholine rings is 1. The van der Waals surface area contributed by atoms with Crippen LogP contribution >= 0.6 is 11.6 Å². The number of anilines is 2. The van der Waals surface area contributed by atoms with Crippen molar-refractivity contribution in [3.05, 3.63) is 53.6 Å². The van der Waals surface area contributed by atoms with Crippen LogP contribution in [0, 0.1) is 11.8 Å². The van der Waals surface area contributed by atoms with Crippen molar-refractivity contribution >= 4 is 44.3 Å². The minimum absolute atomic E-state index is 0. The SMILES string of the molecule is C.O=S(=O)(NCC1CCC(CNc2nc(NCCN3CCOCC3)c3ccccc3n2)CC1)c1ccc(Cl)cc1. The predicted octanol–water partition coefficient (Wildman–Crippen LogP) is 4.86. The second-order valence-electron chi connectivity index (χ2n) is 10.4. The number of ether oxygens (including phenoxy) is 1. The zero-order valence-electron chi connectivity index (χ0n) is 22.1. The van der Waals surface area contributed by atoms with Crippen molar-refractivity contribution in [2.24, 2.45) is 11.8 Å². The number of para-hydroxylation sites is 1. The lowest BCUT2D eigenvalue weighted by molar-refractivity contribution is 0.0398. The van der Waals surface area contributed by atoms with Gasteiger partial charge in [0.1, 0.15) is 5.82 Å². The Kier molecular flexibility index (Phi) is 11.0. The lowest BCUT2D eigenvalue weighted by Gasteiger charge is -2.28. The molecule has 218 valence electrons. The van der Waals surface area contributed by atoms with Gasteiger partial charge < -0.3 is 15.4 Å². The van der Waals surface area contributed by atoms with E-state index in [2.05, 4.69) is 26.3 Å². The number of sulfonamides is 1. The average molecular weight is 589 g/mol. The first-order valence-electron chi connectivity index (χ1n) is 13.8. The van der Waals surface area contributed by atoms with E-state index in [1.165, 1.54) is 12.1 Å². The summed E-state index contributed by atoms with van der Waals surface area (Å²) in [5, 5.41) is 8.54. The molecule has 0 bridgehead atoms. The first-order valence-corrected chi connectivity index (χ1v) is 15.6. The summed E-state index contributed by atoms with van der Waals surface area (Å²) in [4.78, 5) is 12.2. The first-order chi connectivity index (χ1) is 19.0. The molecule has 11 heteroatoms. The number of aromatic nitrogens is 2. The number of nitrogens with one attached hydrogen (secondary N) is 3. The van der Waals surface area contributed by atoms with Crippen molar-refractivity contribution in [1.29, 1.82) is 0 Å². The molecule has 3 aromatic rings. The van der Waals surface area contributed by atoms with Crippen LogP contribution in [0.5, 0.6) is 0 Å². The number of nitrogens with zero attached hydrogens (tertiary/aromatic N) is 3. The van der Waals surface area contributed by atoms with Crippen LogP contribution in [0.25, 0.3) is 10.9 Å². The highest BCUT2D eigenvalue weighted by Crippen LogP contribution is 2.29. The van der Waals surface area contributed by atoms with Crippen LogP contribution in [0.15, 0.2) is 53.4 Å². The third kappa shape index (κ3) is 8.27. The molecule has 3 N–H and O–H groups in total. The highest BCUT2D eigenvalue weighted by Gasteiger charge is 2.23. The topological polar surface area (TPSA) is 108 Å². The molecule has 1 aromatic heterocycles. The molecule has 5 rings (SSSR count). The van der Waals surface area contributed by atoms with E-state index in [-0.39, 0.29) is 12.3 Å². The zero-order valence-corrected chi connectivity index (χ0v) is 23.7. The fraction of sp³-hybridized carbons (Fsp3) is 0.517. The summed E-state index contributed by atoms with van der Waals surface area (Å²) in [7, 11) is -3.52. The molecule has 2 heterocycles. The third-order valence-electron chi connectivity index (χ3n) is 7.63. The zero-order chi connectivity index (χ0) is 27.1. The second-order valence-corrected chi connectivity index (χ2v) is 12.6. The van der Waals surface area contributed by atoms with Gasteiger partial charge in [-0.3, -0.25) is 4.90 Å². The monoisotopic (exact) mass is 588 g/mol. The average Bonchev–Trinajstić information content (AvgIpc) is 2.96. The van der Waals surface area contributed by atoms with E-state index < -0.39 is 10.0 Å². The van der Waals surface area contributed by atoms with Gasteiger partial charge in [-0.05, 0) is 73.9 Å². The van der Waals surface area contributed by atoms with Gasteiger partial charge in [0.2, 0.25) is 16.0 Å². The van der Waals surface area contributed by atoms with Gasteiger partial charge in [0.05, 0.1) is 23.6 Å². The summed E-state index contributed by atoms with van der Waals surface area (Å²) in [5.41, 5.74) is 0.917. The third-order valence-corrected chi connectivity index (χ3v) is 9.32. The molecule has 2 aliphatic rings. The van der Waals surface area contributed by atoms with Gasteiger partial charge in [0.25, 0.3) is 0 Å². The van der Waals surface area contributed by atoms with Gasteiger partial charge in [-0.15, -0.1) is 0 Å². The van der Waals surface area contributed by atoms with Crippen LogP contribution in [-0.4, -0.2) is 75.8 Å². The van der Waals surface area contributed by atoms with Crippen LogP contribution in [0.1, 0.15) is 33.1 Å². The number of hydrogen-bond donors (Lipinski definition) is 3. The van der Waals surface area contributed by atoms with Gasteiger partial charge in [0.15, 0.2) is 0 Å². The molecule has 1 saturated heterocycles. The van der Waals surface area contributed by atoms with Crippen molar-refractivity contribution in [3.63, 3.8) is 0 Å². The molecule has 1 aliphatic heterocycles. The maximum atomic E-state index is 12.6. The standard InChI is InChI=1S/C28H37ClN6O3S.CH4/c29-23-9-11-24(12-10-23)39(36,37)32-20-22-7-5-21(6-8-22)19-31-28-33-26-4-2-1-3-25(26)27(34-28)30-13-14-35-15-17-38-18-16-35;/h1-4,9-12,21-22,32H,5-8,13-20H2,(H2,30,31,33,34);1H4. The normalized spacial score (nSPS) is 20.1. The molecule has 0 spiro atoms. The van der Waals surface area contributed by atoms with E-state index in [4.69, 9.17) is 26.3 Å². The van der Waals surface area contributed by atoms with Crippen molar-refractivity contribution in [3.8, 4) is 0 Å². The van der Waals surface area contributed by atoms with Gasteiger partial charge in [-0.25, -0.2) is 18.1 Å². The Morgan fingerprint density at radius 3 is 2.30 bits per heavy atom. The minimum atomic E-state index is -3.52. The second kappa shape index (κ2) is 14.4. The van der Waals surface area contributed by atoms with E-state index in [0.717, 1.165) is 88.3 Å². The molecule has 0 amide bonds. The van der Waals surface area contributed by atoms with Crippen LogP contribution in [0.2, 0.25) is 5.02 Å². The Labute approximate surface area is 243 Å². The maximum Gasteiger partial charge on any atom is 0.240 e. The number of benzene rings is 2. The van der Waals surface area contributed by atoms with Crippen LogP contribution in [0.3, 0.4) is 0 Å². The van der Waals surface area contributed by atoms with Crippen molar-refractivity contribution < 1.29 is 13.2 Å². The Morgan fingerprint density at radius 1 is 0.900 bits per heavy atom. The fourth-order valence-corrected chi connectivity index (χ4v) is 6.49. The molecule has 1 saturated carbocycles. The lowest BCUT2D eigenvalue weighted by atomic mass is 9.82. The van der Waals surface area contributed by atoms with Crippen molar-refractivity contribution in [2.45, 2.75) is 38.0 Å². The van der Waals surface area contributed by atoms with Crippen LogP contribution in [0.4, 0.5) is 11.8 Å². The Bertz CT molecular complexity index is 1330. The first kappa shape index (κ1) is 30.5. The van der Waals surface area contributed by atoms with E-state index in [0.29, 0.717) is 29.4 Å². The fourth-order valence-electron chi connectivity index (χ4n) is 5.25. The van der Waals surface area contributed by atoms with Gasteiger partial charge >= 0.3 is 0 Å². The van der Waals surface area contributed by atoms with Gasteiger partial charge in [-0.2, -0.15) is 4.98 Å².